The molecule has 0 bridgehead atoms. The van der Waals surface area contributed by atoms with Gasteiger partial charge in [0.25, 0.3) is 0 Å². The van der Waals surface area contributed by atoms with E-state index in [0.717, 1.165) is 29.8 Å². The summed E-state index contributed by atoms with van der Waals surface area (Å²) in [4.78, 5) is 4.59. The SMILES string of the molecule is CCCn1ccnc1C(NCC)c1cccc(Br)c1C. The van der Waals surface area contributed by atoms with Crippen LogP contribution in [0.25, 0.3) is 0 Å². The first-order valence-electron chi connectivity index (χ1n) is 7.18. The molecule has 108 valence electrons. The first-order valence-corrected chi connectivity index (χ1v) is 7.97. The summed E-state index contributed by atoms with van der Waals surface area (Å²) in [6, 6.07) is 6.49. The Morgan fingerprint density at radius 3 is 2.85 bits per heavy atom. The summed E-state index contributed by atoms with van der Waals surface area (Å²) >= 11 is 3.62. The summed E-state index contributed by atoms with van der Waals surface area (Å²) in [6.45, 7) is 8.39. The van der Waals surface area contributed by atoms with E-state index in [2.05, 4.69) is 76.0 Å². The van der Waals surface area contributed by atoms with Crippen molar-refractivity contribution < 1.29 is 0 Å². The number of benzene rings is 1. The molecular weight excluding hydrogens is 314 g/mol. The van der Waals surface area contributed by atoms with E-state index in [9.17, 15) is 0 Å². The molecule has 1 heterocycles. The van der Waals surface area contributed by atoms with Gasteiger partial charge in [0.2, 0.25) is 0 Å². The van der Waals surface area contributed by atoms with Gasteiger partial charge < -0.3 is 9.88 Å². The smallest absolute Gasteiger partial charge is 0.130 e. The minimum atomic E-state index is 0.138. The summed E-state index contributed by atoms with van der Waals surface area (Å²) in [5, 5.41) is 3.56. The largest absolute Gasteiger partial charge is 0.333 e. The third-order valence-corrected chi connectivity index (χ3v) is 4.36. The van der Waals surface area contributed by atoms with Crippen molar-refractivity contribution in [2.75, 3.05) is 6.54 Å². The van der Waals surface area contributed by atoms with Crippen molar-refractivity contribution in [2.24, 2.45) is 0 Å². The summed E-state index contributed by atoms with van der Waals surface area (Å²) in [7, 11) is 0. The molecule has 0 saturated carbocycles. The summed E-state index contributed by atoms with van der Waals surface area (Å²) in [6.07, 6.45) is 5.07. The third-order valence-electron chi connectivity index (χ3n) is 3.50. The maximum absolute atomic E-state index is 4.59. The average Bonchev–Trinajstić information content (AvgIpc) is 2.88. The Kier molecular flexibility index (Phi) is 5.38. The lowest BCUT2D eigenvalue weighted by molar-refractivity contribution is 0.542. The highest BCUT2D eigenvalue weighted by molar-refractivity contribution is 9.10. The molecule has 0 aliphatic rings. The Morgan fingerprint density at radius 2 is 2.15 bits per heavy atom. The van der Waals surface area contributed by atoms with E-state index in [0.29, 0.717) is 0 Å². The molecule has 0 spiro atoms. The van der Waals surface area contributed by atoms with E-state index in [1.165, 1.54) is 11.1 Å². The Morgan fingerprint density at radius 1 is 1.35 bits per heavy atom. The minimum absolute atomic E-state index is 0.138. The van der Waals surface area contributed by atoms with Crippen LogP contribution in [-0.4, -0.2) is 16.1 Å². The molecule has 2 rings (SSSR count). The van der Waals surface area contributed by atoms with E-state index in [4.69, 9.17) is 0 Å². The quantitative estimate of drug-likeness (QED) is 0.862. The van der Waals surface area contributed by atoms with Gasteiger partial charge in [0, 0.05) is 23.4 Å². The van der Waals surface area contributed by atoms with Gasteiger partial charge in [0.1, 0.15) is 5.82 Å². The zero-order valence-electron chi connectivity index (χ0n) is 12.4. The van der Waals surface area contributed by atoms with E-state index in [-0.39, 0.29) is 6.04 Å². The van der Waals surface area contributed by atoms with Crippen LogP contribution in [0.15, 0.2) is 35.1 Å². The standard InChI is InChI=1S/C16H22BrN3/c1-4-10-20-11-9-19-16(20)15(18-5-2)13-7-6-8-14(17)12(13)3/h6-9,11,15,18H,4-5,10H2,1-3H3. The van der Waals surface area contributed by atoms with Crippen LogP contribution in [-0.2, 0) is 6.54 Å². The molecule has 3 nitrogen and oxygen atoms in total. The molecule has 1 unspecified atom stereocenters. The van der Waals surface area contributed by atoms with E-state index in [1.54, 1.807) is 0 Å². The number of aryl methyl sites for hydroxylation is 1. The molecule has 1 atom stereocenters. The molecule has 0 aliphatic heterocycles. The van der Waals surface area contributed by atoms with Crippen LogP contribution in [0.5, 0.6) is 0 Å². The second-order valence-electron chi connectivity index (χ2n) is 4.92. The first-order chi connectivity index (χ1) is 9.69. The van der Waals surface area contributed by atoms with Crippen LogP contribution in [0, 0.1) is 6.92 Å². The number of aromatic nitrogens is 2. The van der Waals surface area contributed by atoms with Crippen molar-refractivity contribution in [3.8, 4) is 0 Å². The number of imidazole rings is 1. The van der Waals surface area contributed by atoms with Crippen LogP contribution >= 0.6 is 15.9 Å². The minimum Gasteiger partial charge on any atom is -0.333 e. The zero-order valence-corrected chi connectivity index (χ0v) is 13.9. The third kappa shape index (κ3) is 3.13. The Hall–Kier alpha value is -1.13. The summed E-state index contributed by atoms with van der Waals surface area (Å²) in [5.41, 5.74) is 2.55. The maximum atomic E-state index is 4.59. The molecule has 1 N–H and O–H groups in total. The highest BCUT2D eigenvalue weighted by Gasteiger charge is 2.20. The van der Waals surface area contributed by atoms with Crippen molar-refractivity contribution >= 4 is 15.9 Å². The van der Waals surface area contributed by atoms with Crippen molar-refractivity contribution in [2.45, 2.75) is 39.8 Å². The molecule has 4 heteroatoms. The number of hydrogen-bond donors (Lipinski definition) is 1. The number of hydrogen-bond acceptors (Lipinski definition) is 2. The number of nitrogens with zero attached hydrogens (tertiary/aromatic N) is 2. The summed E-state index contributed by atoms with van der Waals surface area (Å²) < 4.78 is 3.39. The van der Waals surface area contributed by atoms with Gasteiger partial charge in [-0.1, -0.05) is 41.9 Å². The summed E-state index contributed by atoms with van der Waals surface area (Å²) in [5.74, 6) is 1.09. The number of rotatable bonds is 6. The van der Waals surface area contributed by atoms with Crippen LogP contribution in [0.4, 0.5) is 0 Å². The van der Waals surface area contributed by atoms with Crippen LogP contribution in [0.2, 0.25) is 0 Å². The molecule has 20 heavy (non-hydrogen) atoms. The number of nitrogens with one attached hydrogen (secondary N) is 1. The van der Waals surface area contributed by atoms with Crippen LogP contribution in [0.1, 0.15) is 43.3 Å². The lowest BCUT2D eigenvalue weighted by atomic mass is 10.0. The first kappa shape index (κ1) is 15.3. The molecule has 2 aromatic rings. The van der Waals surface area contributed by atoms with E-state index in [1.807, 2.05) is 6.20 Å². The van der Waals surface area contributed by atoms with Gasteiger partial charge in [0.05, 0.1) is 6.04 Å². The Labute approximate surface area is 129 Å². The second kappa shape index (κ2) is 7.04. The highest BCUT2D eigenvalue weighted by Crippen LogP contribution is 2.28. The van der Waals surface area contributed by atoms with Gasteiger partial charge in [-0.05, 0) is 37.1 Å². The molecular formula is C16H22BrN3. The monoisotopic (exact) mass is 335 g/mol. The zero-order chi connectivity index (χ0) is 14.5. The van der Waals surface area contributed by atoms with Crippen LogP contribution < -0.4 is 5.32 Å². The lowest BCUT2D eigenvalue weighted by Gasteiger charge is -2.21. The molecule has 0 radical (unpaired) electrons. The highest BCUT2D eigenvalue weighted by atomic mass is 79.9. The molecule has 1 aromatic heterocycles. The van der Waals surface area contributed by atoms with Crippen molar-refractivity contribution in [1.29, 1.82) is 0 Å². The predicted octanol–water partition coefficient (Wildman–Crippen LogP) is 4.06. The topological polar surface area (TPSA) is 29.9 Å². The van der Waals surface area contributed by atoms with Crippen LogP contribution in [0.3, 0.4) is 0 Å². The van der Waals surface area contributed by atoms with Gasteiger partial charge in [-0.3, -0.25) is 0 Å². The maximum Gasteiger partial charge on any atom is 0.130 e. The molecule has 0 amide bonds. The molecule has 0 saturated heterocycles. The van der Waals surface area contributed by atoms with Gasteiger partial charge in [-0.2, -0.15) is 0 Å². The predicted molar refractivity (Wildman–Crippen MR) is 86.9 cm³/mol. The van der Waals surface area contributed by atoms with Crippen molar-refractivity contribution in [3.63, 3.8) is 0 Å². The van der Waals surface area contributed by atoms with Crippen molar-refractivity contribution in [1.82, 2.24) is 14.9 Å². The Balaban J connectivity index is 2.45. The fraction of sp³-hybridized carbons (Fsp3) is 0.438. The van der Waals surface area contributed by atoms with Gasteiger partial charge in [-0.15, -0.1) is 0 Å². The lowest BCUT2D eigenvalue weighted by Crippen LogP contribution is -2.26. The number of halogens is 1. The average molecular weight is 336 g/mol. The van der Waals surface area contributed by atoms with Gasteiger partial charge in [0.15, 0.2) is 0 Å². The van der Waals surface area contributed by atoms with E-state index < -0.39 is 0 Å². The van der Waals surface area contributed by atoms with E-state index >= 15 is 0 Å². The fourth-order valence-electron chi connectivity index (χ4n) is 2.49. The molecule has 0 aliphatic carbocycles. The second-order valence-corrected chi connectivity index (χ2v) is 5.78. The van der Waals surface area contributed by atoms with Gasteiger partial charge in [-0.25, -0.2) is 4.98 Å². The molecule has 1 aromatic carbocycles. The Bertz CT molecular complexity index is 563. The van der Waals surface area contributed by atoms with Crippen molar-refractivity contribution in [3.05, 3.63) is 52.0 Å². The molecule has 0 fully saturated rings. The fourth-order valence-corrected chi connectivity index (χ4v) is 2.87. The van der Waals surface area contributed by atoms with Gasteiger partial charge >= 0.3 is 0 Å². The normalized spacial score (nSPS) is 12.6.